The molecule has 15 nitrogen and oxygen atoms in total. The van der Waals surface area contributed by atoms with Crippen molar-refractivity contribution in [3.05, 3.63) is 18.2 Å². The maximum Gasteiger partial charge on any atom is 0.326 e. The fourth-order valence-corrected chi connectivity index (χ4v) is 2.33. The predicted molar refractivity (Wildman–Crippen MR) is 101 cm³/mol. The molecule has 1 aromatic rings. The van der Waals surface area contributed by atoms with E-state index < -0.39 is 73.1 Å². The number of imidazole rings is 1. The van der Waals surface area contributed by atoms with E-state index in [0.717, 1.165) is 0 Å². The van der Waals surface area contributed by atoms with E-state index in [-0.39, 0.29) is 6.42 Å². The van der Waals surface area contributed by atoms with E-state index >= 15 is 0 Å². The average molecular weight is 441 g/mol. The quantitative estimate of drug-likeness (QED) is 0.146. The van der Waals surface area contributed by atoms with Gasteiger partial charge in [0, 0.05) is 18.3 Å². The molecule has 1 aromatic heterocycles. The van der Waals surface area contributed by atoms with Crippen molar-refractivity contribution in [2.75, 3.05) is 6.54 Å². The Labute approximate surface area is 174 Å². The number of amides is 4. The van der Waals surface area contributed by atoms with Crippen LogP contribution < -0.4 is 27.4 Å². The third kappa shape index (κ3) is 9.35. The Morgan fingerprint density at radius 3 is 2.23 bits per heavy atom. The first-order valence-electron chi connectivity index (χ1n) is 8.82. The molecule has 4 amide bonds. The number of carboxylic acids is 2. The molecule has 0 aliphatic carbocycles. The topological polar surface area (TPSA) is 260 Å². The van der Waals surface area contributed by atoms with E-state index in [1.807, 2.05) is 0 Å². The highest BCUT2D eigenvalue weighted by Gasteiger charge is 2.29. The molecule has 15 heteroatoms. The minimum absolute atomic E-state index is 0.164. The average Bonchev–Trinajstić information content (AvgIpc) is 3.17. The first kappa shape index (κ1) is 25.0. The van der Waals surface area contributed by atoms with Crippen LogP contribution in [0.15, 0.2) is 12.5 Å². The zero-order valence-corrected chi connectivity index (χ0v) is 16.2. The molecule has 0 saturated heterocycles. The molecule has 3 atom stereocenters. The van der Waals surface area contributed by atoms with E-state index in [0.29, 0.717) is 5.69 Å². The maximum absolute atomic E-state index is 12.4. The lowest BCUT2D eigenvalue weighted by molar-refractivity contribution is -0.143. The van der Waals surface area contributed by atoms with Crippen LogP contribution in [0.2, 0.25) is 0 Å². The van der Waals surface area contributed by atoms with Crippen LogP contribution in [-0.4, -0.2) is 80.4 Å². The minimum Gasteiger partial charge on any atom is -0.481 e. The standard InChI is InChI=1S/C16H23N7O8/c17-8(2-11(18)24)14(28)20-5-12(25)22-9(3-13(26)27)15(29)23-10(16(30)31)1-7-4-19-6-21-7/h4,6,8-10H,1-3,5,17H2,(H2,18,24)(H,19,21)(H,20,28)(H,22,25)(H,23,29)(H,26,27)(H,30,31). The normalized spacial score (nSPS) is 13.3. The van der Waals surface area contributed by atoms with Crippen molar-refractivity contribution < 1.29 is 39.0 Å². The number of primary amides is 1. The summed E-state index contributed by atoms with van der Waals surface area (Å²) in [6, 6.07) is -4.33. The van der Waals surface area contributed by atoms with Crippen LogP contribution >= 0.6 is 0 Å². The van der Waals surface area contributed by atoms with E-state index in [2.05, 4.69) is 25.9 Å². The van der Waals surface area contributed by atoms with E-state index in [1.165, 1.54) is 12.5 Å². The van der Waals surface area contributed by atoms with Crippen LogP contribution in [0.5, 0.6) is 0 Å². The SMILES string of the molecule is NC(=O)CC(N)C(=O)NCC(=O)NC(CC(=O)O)C(=O)NC(Cc1cnc[nH]1)C(=O)O. The second-order valence-corrected chi connectivity index (χ2v) is 6.39. The van der Waals surface area contributed by atoms with Crippen molar-refractivity contribution in [2.45, 2.75) is 37.4 Å². The molecule has 0 bridgehead atoms. The summed E-state index contributed by atoms with van der Waals surface area (Å²) in [5.74, 6) is -6.51. The molecule has 0 aromatic carbocycles. The number of nitrogens with one attached hydrogen (secondary N) is 4. The molecule has 1 heterocycles. The van der Waals surface area contributed by atoms with E-state index in [9.17, 15) is 33.9 Å². The molecule has 31 heavy (non-hydrogen) atoms. The van der Waals surface area contributed by atoms with Gasteiger partial charge in [0.1, 0.15) is 12.1 Å². The Bertz CT molecular complexity index is 826. The highest BCUT2D eigenvalue weighted by molar-refractivity contribution is 5.94. The fraction of sp³-hybridized carbons (Fsp3) is 0.438. The van der Waals surface area contributed by atoms with Gasteiger partial charge in [0.2, 0.25) is 23.6 Å². The molecule has 3 unspecified atom stereocenters. The number of carboxylic acid groups (broad SMARTS) is 2. The van der Waals surface area contributed by atoms with Gasteiger partial charge in [0.25, 0.3) is 0 Å². The Hall–Kier alpha value is -4.01. The molecule has 0 spiro atoms. The maximum atomic E-state index is 12.4. The third-order valence-corrected chi connectivity index (χ3v) is 3.80. The third-order valence-electron chi connectivity index (χ3n) is 3.80. The molecule has 0 saturated carbocycles. The zero-order valence-electron chi connectivity index (χ0n) is 16.2. The van der Waals surface area contributed by atoms with Gasteiger partial charge in [0.15, 0.2) is 0 Å². The van der Waals surface area contributed by atoms with Crippen LogP contribution in [0.1, 0.15) is 18.5 Å². The van der Waals surface area contributed by atoms with Crippen LogP contribution in [0.4, 0.5) is 0 Å². The highest BCUT2D eigenvalue weighted by atomic mass is 16.4. The summed E-state index contributed by atoms with van der Waals surface area (Å²) in [6.07, 6.45) is 1.20. The molecule has 0 fully saturated rings. The van der Waals surface area contributed by atoms with E-state index in [1.54, 1.807) is 0 Å². The number of rotatable bonds is 13. The van der Waals surface area contributed by atoms with E-state index in [4.69, 9.17) is 16.6 Å². The number of nitrogens with two attached hydrogens (primary N) is 2. The van der Waals surface area contributed by atoms with Crippen molar-refractivity contribution in [3.63, 3.8) is 0 Å². The number of aromatic amines is 1. The highest BCUT2D eigenvalue weighted by Crippen LogP contribution is 2.01. The van der Waals surface area contributed by atoms with Gasteiger partial charge in [-0.25, -0.2) is 9.78 Å². The van der Waals surface area contributed by atoms with Gasteiger partial charge in [-0.05, 0) is 0 Å². The molecule has 10 N–H and O–H groups in total. The number of hydrogen-bond donors (Lipinski definition) is 8. The predicted octanol–water partition coefficient (Wildman–Crippen LogP) is -4.20. The first-order valence-corrected chi connectivity index (χ1v) is 8.82. The summed E-state index contributed by atoms with van der Waals surface area (Å²) in [7, 11) is 0. The second-order valence-electron chi connectivity index (χ2n) is 6.39. The monoisotopic (exact) mass is 441 g/mol. The molecular weight excluding hydrogens is 418 g/mol. The number of hydrogen-bond acceptors (Lipinski definition) is 8. The second kappa shape index (κ2) is 11.9. The number of H-pyrrole nitrogens is 1. The lowest BCUT2D eigenvalue weighted by Gasteiger charge is -2.20. The van der Waals surface area contributed by atoms with Gasteiger partial charge in [-0.15, -0.1) is 0 Å². The van der Waals surface area contributed by atoms with Crippen molar-refractivity contribution >= 4 is 35.6 Å². The number of carbonyl (C=O) groups excluding carboxylic acids is 4. The molecule has 0 radical (unpaired) electrons. The van der Waals surface area contributed by atoms with Crippen LogP contribution in [0.25, 0.3) is 0 Å². The van der Waals surface area contributed by atoms with Crippen LogP contribution in [0.3, 0.4) is 0 Å². The molecule has 1 rings (SSSR count). The Balaban J connectivity index is 2.71. The van der Waals surface area contributed by atoms with Crippen molar-refractivity contribution in [2.24, 2.45) is 11.5 Å². The first-order chi connectivity index (χ1) is 14.5. The summed E-state index contributed by atoms with van der Waals surface area (Å²) in [4.78, 5) is 75.7. The van der Waals surface area contributed by atoms with Crippen molar-refractivity contribution in [1.29, 1.82) is 0 Å². The largest absolute Gasteiger partial charge is 0.481 e. The fourth-order valence-electron chi connectivity index (χ4n) is 2.33. The van der Waals surface area contributed by atoms with Crippen molar-refractivity contribution in [3.8, 4) is 0 Å². The summed E-state index contributed by atoms with van der Waals surface area (Å²) in [5.41, 5.74) is 10.7. The van der Waals surface area contributed by atoms with Gasteiger partial charge in [0.05, 0.1) is 31.8 Å². The Kier molecular flexibility index (Phi) is 9.58. The van der Waals surface area contributed by atoms with Gasteiger partial charge in [-0.3, -0.25) is 24.0 Å². The summed E-state index contributed by atoms with van der Waals surface area (Å²) in [6.45, 7) is -0.675. The van der Waals surface area contributed by atoms with Crippen LogP contribution in [-0.2, 0) is 35.2 Å². The lowest BCUT2D eigenvalue weighted by atomic mass is 10.1. The Morgan fingerprint density at radius 1 is 1.03 bits per heavy atom. The number of aromatic nitrogens is 2. The molecule has 0 aliphatic rings. The van der Waals surface area contributed by atoms with Gasteiger partial charge >= 0.3 is 11.9 Å². The summed E-state index contributed by atoms with van der Waals surface area (Å²) >= 11 is 0. The van der Waals surface area contributed by atoms with Gasteiger partial charge < -0.3 is 42.6 Å². The number of nitrogens with zero attached hydrogens (tertiary/aromatic N) is 1. The molecular formula is C16H23N7O8. The number of carbonyl (C=O) groups is 6. The summed E-state index contributed by atoms with van der Waals surface area (Å²) < 4.78 is 0. The number of aliphatic carboxylic acids is 2. The van der Waals surface area contributed by atoms with Gasteiger partial charge in [-0.1, -0.05) is 0 Å². The zero-order chi connectivity index (χ0) is 23.6. The summed E-state index contributed by atoms with van der Waals surface area (Å²) in [5, 5.41) is 24.6. The van der Waals surface area contributed by atoms with Crippen LogP contribution in [0, 0.1) is 0 Å². The smallest absolute Gasteiger partial charge is 0.326 e. The minimum atomic E-state index is -1.62. The lowest BCUT2D eigenvalue weighted by Crippen LogP contribution is -2.54. The molecule has 0 aliphatic heterocycles. The van der Waals surface area contributed by atoms with Gasteiger partial charge in [-0.2, -0.15) is 0 Å². The molecule has 170 valence electrons. The Morgan fingerprint density at radius 2 is 1.71 bits per heavy atom. The van der Waals surface area contributed by atoms with Crippen molar-refractivity contribution in [1.82, 2.24) is 25.9 Å².